The van der Waals surface area contributed by atoms with Crippen LogP contribution in [-0.2, 0) is 26.0 Å². The molecule has 2 aromatic carbocycles. The van der Waals surface area contributed by atoms with Crippen molar-refractivity contribution in [2.75, 3.05) is 29.9 Å². The van der Waals surface area contributed by atoms with Gasteiger partial charge in [0.25, 0.3) is 0 Å². The second-order valence-corrected chi connectivity index (χ2v) is 13.0. The van der Waals surface area contributed by atoms with Crippen molar-refractivity contribution in [3.63, 3.8) is 0 Å². The van der Waals surface area contributed by atoms with Gasteiger partial charge in [-0.2, -0.15) is 4.31 Å². The highest BCUT2D eigenvalue weighted by atomic mass is 79.9. The minimum Gasteiger partial charge on any atom is -0.310 e. The fourth-order valence-corrected chi connectivity index (χ4v) is 8.36. The number of amides is 2. The number of aryl methyl sites for hydroxylation is 1. The van der Waals surface area contributed by atoms with Gasteiger partial charge in [0.05, 0.1) is 21.8 Å². The molecule has 36 heavy (non-hydrogen) atoms. The normalized spacial score (nSPS) is 18.4. The average molecular weight is 592 g/mol. The van der Waals surface area contributed by atoms with Crippen LogP contribution in [0.3, 0.4) is 0 Å². The van der Waals surface area contributed by atoms with E-state index < -0.39 is 15.9 Å². The number of nitrogens with zero attached hydrogens (tertiary/aromatic N) is 3. The van der Waals surface area contributed by atoms with Crippen molar-refractivity contribution < 1.29 is 18.0 Å². The molecule has 11 heteroatoms. The summed E-state index contributed by atoms with van der Waals surface area (Å²) >= 11 is 4.85. The van der Waals surface area contributed by atoms with Crippen LogP contribution in [0.4, 0.5) is 10.8 Å². The molecule has 3 aromatic rings. The van der Waals surface area contributed by atoms with Crippen molar-refractivity contribution in [2.24, 2.45) is 5.92 Å². The Balaban J connectivity index is 1.39. The summed E-state index contributed by atoms with van der Waals surface area (Å²) in [5.41, 5.74) is 3.21. The molecule has 0 bridgehead atoms. The molecular formula is C25H27BrN4O4S2. The fourth-order valence-electron chi connectivity index (χ4n) is 4.97. The molecule has 5 rings (SSSR count). The van der Waals surface area contributed by atoms with Gasteiger partial charge in [0, 0.05) is 30.5 Å². The van der Waals surface area contributed by atoms with Crippen molar-refractivity contribution in [3.05, 3.63) is 45.9 Å². The summed E-state index contributed by atoms with van der Waals surface area (Å²) in [5.74, 6) is -0.821. The topological polar surface area (TPSA) is 99.7 Å². The third-order valence-corrected chi connectivity index (χ3v) is 10.1. The van der Waals surface area contributed by atoms with Gasteiger partial charge in [-0.15, -0.1) is 0 Å². The van der Waals surface area contributed by atoms with Crippen LogP contribution in [0.1, 0.15) is 37.3 Å². The number of carbonyl (C=O) groups is 2. The number of para-hydroxylation sites is 1. The number of nitrogens with one attached hydrogen (secondary N) is 1. The maximum absolute atomic E-state index is 13.9. The molecule has 0 aliphatic carbocycles. The smallest absolute Gasteiger partial charge is 0.245 e. The van der Waals surface area contributed by atoms with Crippen LogP contribution in [0.25, 0.3) is 10.2 Å². The number of halogens is 1. The van der Waals surface area contributed by atoms with Crippen LogP contribution in [-0.4, -0.2) is 49.2 Å². The minimum atomic E-state index is -3.93. The Morgan fingerprint density at radius 2 is 2.06 bits per heavy atom. The Bertz CT molecular complexity index is 1470. The maximum Gasteiger partial charge on any atom is 0.245 e. The highest BCUT2D eigenvalue weighted by Gasteiger charge is 2.38. The number of hydrogen-bond donors (Lipinski definition) is 1. The monoisotopic (exact) mass is 590 g/mol. The zero-order valence-electron chi connectivity index (χ0n) is 20.1. The van der Waals surface area contributed by atoms with E-state index in [1.165, 1.54) is 15.6 Å². The van der Waals surface area contributed by atoms with Crippen molar-refractivity contribution in [1.29, 1.82) is 0 Å². The van der Waals surface area contributed by atoms with Crippen molar-refractivity contribution in [2.45, 2.75) is 44.4 Å². The Hall–Kier alpha value is -2.34. The summed E-state index contributed by atoms with van der Waals surface area (Å²) in [6, 6.07) is 9.35. The molecule has 0 saturated carbocycles. The maximum atomic E-state index is 13.9. The molecule has 3 heterocycles. The minimum absolute atomic E-state index is 0.0844. The molecular weight excluding hydrogens is 564 g/mol. The molecule has 1 unspecified atom stereocenters. The Morgan fingerprint density at radius 1 is 1.25 bits per heavy atom. The van der Waals surface area contributed by atoms with E-state index in [9.17, 15) is 18.0 Å². The second-order valence-electron chi connectivity index (χ2n) is 9.19. The van der Waals surface area contributed by atoms with Gasteiger partial charge in [-0.3, -0.25) is 9.59 Å². The molecule has 1 aromatic heterocycles. The van der Waals surface area contributed by atoms with E-state index in [1.54, 1.807) is 17.9 Å². The largest absolute Gasteiger partial charge is 0.310 e. The number of piperidine rings is 1. The lowest BCUT2D eigenvalue weighted by Crippen LogP contribution is -2.44. The molecule has 1 atom stereocenters. The number of sulfonamides is 1. The van der Waals surface area contributed by atoms with E-state index in [0.29, 0.717) is 54.1 Å². The number of hydrogen-bond acceptors (Lipinski definition) is 6. The SMILES string of the molecule is CCC(=O)N1CCc2cc(Br)cc(S(=O)(=O)N3CCCC(C(=O)Nc4nc5c(C)cccc5s4)C3)c21. The molecule has 0 radical (unpaired) electrons. The fraction of sp³-hybridized carbons (Fsp3) is 0.400. The van der Waals surface area contributed by atoms with Crippen LogP contribution in [0.2, 0.25) is 0 Å². The van der Waals surface area contributed by atoms with E-state index in [1.807, 2.05) is 31.2 Å². The average Bonchev–Trinajstić information content (AvgIpc) is 3.47. The van der Waals surface area contributed by atoms with Crippen LogP contribution >= 0.6 is 27.3 Å². The van der Waals surface area contributed by atoms with Gasteiger partial charge in [-0.25, -0.2) is 13.4 Å². The lowest BCUT2D eigenvalue weighted by atomic mass is 9.99. The first-order chi connectivity index (χ1) is 17.2. The highest BCUT2D eigenvalue weighted by Crippen LogP contribution is 2.40. The number of thiazole rings is 1. The first kappa shape index (κ1) is 25.3. The molecule has 2 aliphatic rings. The standard InChI is InChI=1S/C25H27BrN4O4S2/c1-3-21(31)30-11-9-16-12-18(26)13-20(23(16)30)36(33,34)29-10-5-7-17(14-29)24(32)28-25-27-22-15(2)6-4-8-19(22)35-25/h4,6,8,12-13,17H,3,5,7,9-11,14H2,1-2H3,(H,27,28,32). The van der Waals surface area contributed by atoms with Crippen molar-refractivity contribution in [1.82, 2.24) is 9.29 Å². The molecule has 190 valence electrons. The number of carbonyl (C=O) groups excluding carboxylic acids is 2. The Kier molecular flexibility index (Phi) is 6.92. The number of fused-ring (bicyclic) bond motifs is 2. The van der Waals surface area contributed by atoms with E-state index in [0.717, 1.165) is 21.3 Å². The third kappa shape index (κ3) is 4.57. The first-order valence-electron chi connectivity index (χ1n) is 12.0. The van der Waals surface area contributed by atoms with Gasteiger partial charge in [0.15, 0.2) is 5.13 Å². The number of aromatic nitrogens is 1. The van der Waals surface area contributed by atoms with Crippen LogP contribution in [0.15, 0.2) is 39.7 Å². The lowest BCUT2D eigenvalue weighted by Gasteiger charge is -2.32. The van der Waals surface area contributed by atoms with Crippen LogP contribution in [0, 0.1) is 12.8 Å². The van der Waals surface area contributed by atoms with Crippen LogP contribution in [0.5, 0.6) is 0 Å². The molecule has 0 spiro atoms. The predicted molar refractivity (Wildman–Crippen MR) is 145 cm³/mol. The van der Waals surface area contributed by atoms with Gasteiger partial charge in [0.2, 0.25) is 21.8 Å². The van der Waals surface area contributed by atoms with E-state index >= 15 is 0 Å². The molecule has 8 nitrogen and oxygen atoms in total. The zero-order valence-corrected chi connectivity index (χ0v) is 23.3. The molecule has 2 amide bonds. The van der Waals surface area contributed by atoms with Crippen molar-refractivity contribution in [3.8, 4) is 0 Å². The van der Waals surface area contributed by atoms with Gasteiger partial charge >= 0.3 is 0 Å². The summed E-state index contributed by atoms with van der Waals surface area (Å²) in [6.45, 7) is 4.63. The zero-order chi connectivity index (χ0) is 25.6. The first-order valence-corrected chi connectivity index (χ1v) is 15.0. The van der Waals surface area contributed by atoms with E-state index in [2.05, 4.69) is 26.2 Å². The Morgan fingerprint density at radius 3 is 2.81 bits per heavy atom. The van der Waals surface area contributed by atoms with Gasteiger partial charge in [-0.1, -0.05) is 46.3 Å². The molecule has 1 saturated heterocycles. The predicted octanol–water partition coefficient (Wildman–Crippen LogP) is 4.71. The number of benzene rings is 2. The van der Waals surface area contributed by atoms with Crippen LogP contribution < -0.4 is 10.2 Å². The van der Waals surface area contributed by atoms with E-state index in [4.69, 9.17) is 0 Å². The highest BCUT2D eigenvalue weighted by molar-refractivity contribution is 9.10. The van der Waals surface area contributed by atoms with E-state index in [-0.39, 0.29) is 23.3 Å². The van der Waals surface area contributed by atoms with Gasteiger partial charge in [0.1, 0.15) is 4.90 Å². The lowest BCUT2D eigenvalue weighted by molar-refractivity contribution is -0.121. The van der Waals surface area contributed by atoms with Crippen molar-refractivity contribution >= 4 is 70.1 Å². The molecule has 2 aliphatic heterocycles. The van der Waals surface area contributed by atoms with Gasteiger partial charge in [-0.05, 0) is 55.5 Å². The summed E-state index contributed by atoms with van der Waals surface area (Å²) in [6.07, 6.45) is 2.07. The summed E-state index contributed by atoms with van der Waals surface area (Å²) in [4.78, 5) is 32.0. The second kappa shape index (κ2) is 9.85. The van der Waals surface area contributed by atoms with Gasteiger partial charge < -0.3 is 10.2 Å². The quantitative estimate of drug-likeness (QED) is 0.464. The summed E-state index contributed by atoms with van der Waals surface area (Å²) in [5, 5.41) is 3.42. The molecule has 1 N–H and O–H groups in total. The third-order valence-electron chi connectivity index (χ3n) is 6.82. The Labute approximate surface area is 222 Å². The number of anilines is 2. The number of rotatable bonds is 5. The summed E-state index contributed by atoms with van der Waals surface area (Å²) in [7, 11) is -3.93. The summed E-state index contributed by atoms with van der Waals surface area (Å²) < 4.78 is 30.8. The molecule has 1 fully saturated rings.